The van der Waals surface area contributed by atoms with Gasteiger partial charge in [-0.2, -0.15) is 0 Å². The summed E-state index contributed by atoms with van der Waals surface area (Å²) in [5, 5.41) is 3.50. The molecule has 112 valence electrons. The van der Waals surface area contributed by atoms with E-state index >= 15 is 0 Å². The van der Waals surface area contributed by atoms with Gasteiger partial charge in [-0.05, 0) is 18.4 Å². The van der Waals surface area contributed by atoms with Crippen molar-refractivity contribution in [3.8, 4) is 0 Å². The van der Waals surface area contributed by atoms with Gasteiger partial charge >= 0.3 is 0 Å². The molecular weight excluding hydrogens is 268 g/mol. The zero-order valence-corrected chi connectivity index (χ0v) is 14.6. The van der Waals surface area contributed by atoms with Gasteiger partial charge in [0.1, 0.15) is 8.07 Å². The van der Waals surface area contributed by atoms with Crippen molar-refractivity contribution >= 4 is 13.3 Å². The molecule has 1 aromatic carbocycles. The highest BCUT2D eigenvalue weighted by Gasteiger charge is 2.42. The van der Waals surface area contributed by atoms with Crippen LogP contribution in [0.4, 0.5) is 0 Å². The van der Waals surface area contributed by atoms with Gasteiger partial charge in [-0.3, -0.25) is 0 Å². The highest BCUT2D eigenvalue weighted by atomic mass is 28.3. The smallest absolute Gasteiger partial charge is 0.0806 e. The minimum atomic E-state index is -1.56. The summed E-state index contributed by atoms with van der Waals surface area (Å²) in [6.07, 6.45) is 14.5. The Hall–Kier alpha value is -1.08. The predicted octanol–water partition coefficient (Wildman–Crippen LogP) is 5.51. The third-order valence-electron chi connectivity index (χ3n) is 5.83. The molecular formula is C20H28Si. The molecule has 1 aromatic rings. The number of hydrogen-bond donors (Lipinski definition) is 0. The van der Waals surface area contributed by atoms with Gasteiger partial charge in [0.25, 0.3) is 0 Å². The summed E-state index contributed by atoms with van der Waals surface area (Å²) in [5.41, 5.74) is 2.60. The van der Waals surface area contributed by atoms with Gasteiger partial charge in [-0.1, -0.05) is 104 Å². The molecule has 0 radical (unpaired) electrons. The first-order valence-corrected chi connectivity index (χ1v) is 11.3. The fourth-order valence-corrected chi connectivity index (χ4v) is 9.78. The van der Waals surface area contributed by atoms with Crippen LogP contribution in [-0.2, 0) is 0 Å². The fourth-order valence-electron chi connectivity index (χ4n) is 4.55. The van der Waals surface area contributed by atoms with Crippen molar-refractivity contribution in [2.24, 2.45) is 0 Å². The molecule has 1 heteroatoms. The van der Waals surface area contributed by atoms with Crippen LogP contribution < -0.4 is 5.19 Å². The highest BCUT2D eigenvalue weighted by molar-refractivity contribution is 6.98. The maximum absolute atomic E-state index is 2.66. The van der Waals surface area contributed by atoms with E-state index in [0.717, 1.165) is 5.54 Å². The van der Waals surface area contributed by atoms with Gasteiger partial charge in [-0.15, -0.1) is 0 Å². The zero-order chi connectivity index (χ0) is 14.7. The average molecular weight is 297 g/mol. The monoisotopic (exact) mass is 296 g/mol. The Labute approximate surface area is 131 Å². The second-order valence-corrected chi connectivity index (χ2v) is 11.3. The van der Waals surface area contributed by atoms with E-state index in [4.69, 9.17) is 0 Å². The van der Waals surface area contributed by atoms with Gasteiger partial charge in [0.2, 0.25) is 0 Å². The van der Waals surface area contributed by atoms with Gasteiger partial charge in [0.15, 0.2) is 0 Å². The molecule has 0 amide bonds. The summed E-state index contributed by atoms with van der Waals surface area (Å²) < 4.78 is 0. The molecule has 2 aliphatic carbocycles. The maximum atomic E-state index is 2.66. The molecule has 0 nitrogen and oxygen atoms in total. The average Bonchev–Trinajstić information content (AvgIpc) is 3.05. The molecule has 0 N–H and O–H groups in total. The molecule has 0 saturated heterocycles. The Morgan fingerprint density at radius 2 is 1.76 bits per heavy atom. The van der Waals surface area contributed by atoms with Gasteiger partial charge < -0.3 is 0 Å². The third kappa shape index (κ3) is 2.68. The van der Waals surface area contributed by atoms with E-state index in [1.807, 2.05) is 5.20 Å². The largest absolute Gasteiger partial charge is 0.114 e. The highest BCUT2D eigenvalue weighted by Crippen LogP contribution is 2.44. The van der Waals surface area contributed by atoms with E-state index in [1.165, 1.54) is 44.9 Å². The van der Waals surface area contributed by atoms with Crippen molar-refractivity contribution < 1.29 is 0 Å². The number of benzene rings is 1. The van der Waals surface area contributed by atoms with Crippen molar-refractivity contribution in [1.29, 1.82) is 0 Å². The normalized spacial score (nSPS) is 22.6. The van der Waals surface area contributed by atoms with E-state index in [9.17, 15) is 0 Å². The Bertz CT molecular complexity index is 534. The lowest BCUT2D eigenvalue weighted by atomic mass is 10.0. The van der Waals surface area contributed by atoms with Crippen molar-refractivity contribution in [2.45, 2.75) is 64.0 Å². The first-order chi connectivity index (χ1) is 10.3. The van der Waals surface area contributed by atoms with Crippen LogP contribution >= 0.6 is 0 Å². The number of rotatable bonds is 4. The predicted molar refractivity (Wildman–Crippen MR) is 95.6 cm³/mol. The molecule has 0 aromatic heterocycles. The maximum Gasteiger partial charge on any atom is 0.114 e. The van der Waals surface area contributed by atoms with Crippen molar-refractivity contribution in [2.75, 3.05) is 0 Å². The van der Waals surface area contributed by atoms with Crippen molar-refractivity contribution in [3.63, 3.8) is 0 Å². The van der Waals surface area contributed by atoms with Crippen LogP contribution in [0.3, 0.4) is 0 Å². The Kier molecular flexibility index (Phi) is 4.49. The van der Waals surface area contributed by atoms with Gasteiger partial charge in [0, 0.05) is 0 Å². The van der Waals surface area contributed by atoms with E-state index in [1.54, 1.807) is 10.8 Å². The van der Waals surface area contributed by atoms with Crippen LogP contribution in [0.25, 0.3) is 0 Å². The van der Waals surface area contributed by atoms with Crippen molar-refractivity contribution in [1.82, 2.24) is 0 Å². The Morgan fingerprint density at radius 1 is 1.05 bits per heavy atom. The summed E-state index contributed by atoms with van der Waals surface area (Å²) in [5.74, 6) is 0. The molecule has 21 heavy (non-hydrogen) atoms. The van der Waals surface area contributed by atoms with Crippen LogP contribution in [0.2, 0.25) is 12.1 Å². The van der Waals surface area contributed by atoms with E-state index < -0.39 is 8.07 Å². The SMILES string of the molecule is CCC1=C([Si](C)(c2ccccc2)C2CCCCC2)CC=C1. The summed E-state index contributed by atoms with van der Waals surface area (Å²) >= 11 is 0. The molecule has 1 fully saturated rings. The van der Waals surface area contributed by atoms with Gasteiger partial charge in [-0.25, -0.2) is 0 Å². The van der Waals surface area contributed by atoms with Crippen LogP contribution in [0.5, 0.6) is 0 Å². The van der Waals surface area contributed by atoms with Crippen LogP contribution in [0.15, 0.2) is 53.3 Å². The van der Waals surface area contributed by atoms with E-state index in [0.29, 0.717) is 0 Å². The summed E-state index contributed by atoms with van der Waals surface area (Å²) in [4.78, 5) is 0. The van der Waals surface area contributed by atoms with Crippen LogP contribution in [0.1, 0.15) is 51.9 Å². The molecule has 0 heterocycles. The number of allylic oxidation sites excluding steroid dienone is 4. The molecule has 0 spiro atoms. The van der Waals surface area contributed by atoms with E-state index in [-0.39, 0.29) is 0 Å². The molecule has 1 atom stereocenters. The summed E-state index contributed by atoms with van der Waals surface area (Å²) in [6, 6.07) is 11.5. The first kappa shape index (κ1) is 14.8. The summed E-state index contributed by atoms with van der Waals surface area (Å²) in [7, 11) is -1.56. The summed E-state index contributed by atoms with van der Waals surface area (Å²) in [6.45, 7) is 4.99. The topological polar surface area (TPSA) is 0 Å². The third-order valence-corrected chi connectivity index (χ3v) is 11.4. The lowest BCUT2D eigenvalue weighted by Gasteiger charge is -2.41. The second-order valence-electron chi connectivity index (χ2n) is 6.87. The number of hydrogen-bond acceptors (Lipinski definition) is 0. The molecule has 0 bridgehead atoms. The van der Waals surface area contributed by atoms with Crippen LogP contribution in [0, 0.1) is 0 Å². The molecule has 1 saturated carbocycles. The first-order valence-electron chi connectivity index (χ1n) is 8.71. The Balaban J connectivity index is 2.06. The molecule has 1 unspecified atom stereocenters. The minimum absolute atomic E-state index is 0.949. The van der Waals surface area contributed by atoms with E-state index in [2.05, 4.69) is 56.0 Å². The Morgan fingerprint density at radius 3 is 2.43 bits per heavy atom. The molecule has 3 rings (SSSR count). The molecule has 2 aliphatic rings. The minimum Gasteiger partial charge on any atom is -0.0806 e. The quantitative estimate of drug-likeness (QED) is 0.642. The lowest BCUT2D eigenvalue weighted by Crippen LogP contribution is -2.51. The standard InChI is InChI=1S/C20H28Si/c1-3-17-11-10-16-20(17)21(2,18-12-6-4-7-13-18)19-14-8-5-9-15-19/h4,6-7,10-13,19H,3,5,8-9,14-16H2,1-2H3. The van der Waals surface area contributed by atoms with Crippen LogP contribution in [-0.4, -0.2) is 8.07 Å². The van der Waals surface area contributed by atoms with Crippen molar-refractivity contribution in [3.05, 3.63) is 53.3 Å². The molecule has 0 aliphatic heterocycles. The second kappa shape index (κ2) is 6.35. The zero-order valence-electron chi connectivity index (χ0n) is 13.6. The van der Waals surface area contributed by atoms with Gasteiger partial charge in [0.05, 0.1) is 0 Å². The lowest BCUT2D eigenvalue weighted by molar-refractivity contribution is 0.494. The fraction of sp³-hybridized carbons (Fsp3) is 0.500.